The van der Waals surface area contributed by atoms with Gasteiger partial charge in [-0.05, 0) is 64.2 Å². The average Bonchev–Trinajstić information content (AvgIpc) is 2.80. The molecule has 5 nitrogen and oxygen atoms in total. The Hall–Kier alpha value is -1.71. The molecular weight excluding hydrogens is 560 g/mol. The first-order chi connectivity index (χ1) is 16.5. The van der Waals surface area contributed by atoms with Gasteiger partial charge in [0.05, 0.1) is 22.7 Å². The normalized spacial score (nSPS) is 18.3. The van der Waals surface area contributed by atoms with E-state index in [0.717, 1.165) is 36.0 Å². The molecule has 3 rings (SSSR count). The number of rotatable bonds is 8. The second-order valence-corrected chi connectivity index (χ2v) is 12.1. The van der Waals surface area contributed by atoms with Gasteiger partial charge in [-0.1, -0.05) is 64.6 Å². The van der Waals surface area contributed by atoms with Gasteiger partial charge < -0.3 is 19.1 Å². The number of carbonyl (C=O) groups excluding carboxylic acids is 1. The van der Waals surface area contributed by atoms with Crippen LogP contribution < -0.4 is 0 Å². The SMILES string of the molecule is COCCCCC(I)(c1cccc(F)c1-c1cccc(C)c1)[C@@H]1CN(C(=O)OC(C)(C)C)CCO1. The van der Waals surface area contributed by atoms with Crippen molar-refractivity contribution in [3.05, 3.63) is 59.4 Å². The molecule has 1 heterocycles. The van der Waals surface area contributed by atoms with Crippen molar-refractivity contribution < 1.29 is 23.4 Å². The molecule has 0 aromatic heterocycles. The van der Waals surface area contributed by atoms with E-state index < -0.39 is 9.02 Å². The third-order valence-electron chi connectivity index (χ3n) is 6.14. The summed E-state index contributed by atoms with van der Waals surface area (Å²) in [5.41, 5.74) is 2.82. The average molecular weight is 598 g/mol. The van der Waals surface area contributed by atoms with Crippen molar-refractivity contribution in [1.29, 1.82) is 0 Å². The number of halogens is 2. The molecule has 1 aliphatic heterocycles. The first-order valence-electron chi connectivity index (χ1n) is 12.2. The van der Waals surface area contributed by atoms with Crippen molar-refractivity contribution in [2.45, 2.75) is 62.1 Å². The zero-order valence-corrected chi connectivity index (χ0v) is 23.6. The number of methoxy groups -OCH3 is 1. The van der Waals surface area contributed by atoms with Gasteiger partial charge in [-0.25, -0.2) is 9.18 Å². The lowest BCUT2D eigenvalue weighted by Gasteiger charge is -2.43. The maximum atomic E-state index is 15.5. The van der Waals surface area contributed by atoms with Gasteiger partial charge in [0.1, 0.15) is 11.4 Å². The number of hydrogen-bond donors (Lipinski definition) is 0. The third-order valence-corrected chi connectivity index (χ3v) is 7.95. The van der Waals surface area contributed by atoms with Gasteiger partial charge in [-0.3, -0.25) is 0 Å². The predicted molar refractivity (Wildman–Crippen MR) is 146 cm³/mol. The Morgan fingerprint density at radius 3 is 2.63 bits per heavy atom. The molecule has 0 radical (unpaired) electrons. The molecule has 2 aromatic carbocycles. The Kier molecular flexibility index (Phi) is 9.57. The number of unbranched alkanes of at least 4 members (excludes halogenated alkanes) is 1. The number of alkyl halides is 1. The molecule has 1 aliphatic rings. The van der Waals surface area contributed by atoms with E-state index >= 15 is 4.39 Å². The Morgan fingerprint density at radius 2 is 1.94 bits per heavy atom. The van der Waals surface area contributed by atoms with Crippen molar-refractivity contribution >= 4 is 28.7 Å². The second-order valence-electron chi connectivity index (χ2n) is 10.1. The molecule has 0 spiro atoms. The Balaban J connectivity index is 2.02. The molecule has 192 valence electrons. The smallest absolute Gasteiger partial charge is 0.410 e. The molecular formula is C28H37FINO4. The van der Waals surface area contributed by atoms with Gasteiger partial charge >= 0.3 is 6.09 Å². The maximum absolute atomic E-state index is 15.5. The van der Waals surface area contributed by atoms with Gasteiger partial charge in [0.25, 0.3) is 0 Å². The minimum Gasteiger partial charge on any atom is -0.444 e. The second kappa shape index (κ2) is 12.0. The van der Waals surface area contributed by atoms with E-state index in [1.54, 1.807) is 18.1 Å². The van der Waals surface area contributed by atoms with Crippen LogP contribution in [0.3, 0.4) is 0 Å². The zero-order valence-electron chi connectivity index (χ0n) is 21.4. The monoisotopic (exact) mass is 597 g/mol. The fourth-order valence-electron chi connectivity index (χ4n) is 4.48. The summed E-state index contributed by atoms with van der Waals surface area (Å²) >= 11 is 2.44. The highest BCUT2D eigenvalue weighted by atomic mass is 127. The Morgan fingerprint density at radius 1 is 1.20 bits per heavy atom. The standard InChI is InChI=1S/C28H37FINO4/c1-20-10-8-11-21(18-20)25-22(12-9-13-23(25)29)28(30,14-6-7-16-33-5)24-19-31(15-17-34-24)26(32)35-27(2,3)4/h8-13,18,24H,6-7,14-17,19H2,1-5H3/t24-,28?/m0/s1. The number of aryl methyl sites for hydroxylation is 1. The molecule has 1 unspecified atom stereocenters. The number of ether oxygens (including phenoxy) is 3. The van der Waals surface area contributed by atoms with Crippen LogP contribution in [0.2, 0.25) is 0 Å². The molecule has 0 N–H and O–H groups in total. The fourth-order valence-corrected chi connectivity index (χ4v) is 5.69. The highest BCUT2D eigenvalue weighted by molar-refractivity contribution is 14.1. The van der Waals surface area contributed by atoms with Crippen LogP contribution in [-0.2, 0) is 17.6 Å². The molecule has 1 saturated heterocycles. The predicted octanol–water partition coefficient (Wildman–Crippen LogP) is 6.88. The van der Waals surface area contributed by atoms with E-state index in [1.807, 2.05) is 58.0 Å². The first kappa shape index (κ1) is 27.9. The number of benzene rings is 2. The quantitative estimate of drug-likeness (QED) is 0.189. The van der Waals surface area contributed by atoms with Gasteiger partial charge in [-0.2, -0.15) is 0 Å². The summed E-state index contributed by atoms with van der Waals surface area (Å²) in [4.78, 5) is 14.6. The third kappa shape index (κ3) is 7.17. The van der Waals surface area contributed by atoms with E-state index in [2.05, 4.69) is 22.6 Å². The Labute approximate surface area is 222 Å². The van der Waals surface area contributed by atoms with Crippen molar-refractivity contribution in [2.24, 2.45) is 0 Å². The van der Waals surface area contributed by atoms with E-state index in [4.69, 9.17) is 14.2 Å². The highest BCUT2D eigenvalue weighted by Crippen LogP contribution is 2.47. The summed E-state index contributed by atoms with van der Waals surface area (Å²) in [7, 11) is 1.70. The molecule has 2 atom stereocenters. The van der Waals surface area contributed by atoms with Crippen molar-refractivity contribution in [3.63, 3.8) is 0 Å². The lowest BCUT2D eigenvalue weighted by Crippen LogP contribution is -2.53. The fraction of sp³-hybridized carbons (Fsp3) is 0.536. The van der Waals surface area contributed by atoms with Crippen LogP contribution in [0.25, 0.3) is 11.1 Å². The minimum absolute atomic E-state index is 0.258. The van der Waals surface area contributed by atoms with E-state index in [0.29, 0.717) is 31.9 Å². The Bertz CT molecular complexity index is 1010. The summed E-state index contributed by atoms with van der Waals surface area (Å²) in [6.07, 6.45) is 1.86. The number of amides is 1. The van der Waals surface area contributed by atoms with Crippen LogP contribution in [-0.4, -0.2) is 56.1 Å². The molecule has 0 bridgehead atoms. The molecule has 0 saturated carbocycles. The lowest BCUT2D eigenvalue weighted by atomic mass is 9.82. The van der Waals surface area contributed by atoms with Crippen LogP contribution in [0.4, 0.5) is 9.18 Å². The van der Waals surface area contributed by atoms with Crippen molar-refractivity contribution in [3.8, 4) is 11.1 Å². The van der Waals surface area contributed by atoms with Crippen molar-refractivity contribution in [1.82, 2.24) is 4.90 Å². The highest BCUT2D eigenvalue weighted by Gasteiger charge is 2.44. The number of hydrogen-bond acceptors (Lipinski definition) is 4. The van der Waals surface area contributed by atoms with E-state index in [1.165, 1.54) is 6.07 Å². The topological polar surface area (TPSA) is 48.0 Å². The van der Waals surface area contributed by atoms with Gasteiger partial charge in [0, 0.05) is 25.8 Å². The minimum atomic E-state index is -0.576. The molecule has 0 aliphatic carbocycles. The number of morpholine rings is 1. The molecule has 2 aromatic rings. The maximum Gasteiger partial charge on any atom is 0.410 e. The number of carbonyl (C=O) groups is 1. The lowest BCUT2D eigenvalue weighted by molar-refractivity contribution is -0.0556. The largest absolute Gasteiger partial charge is 0.444 e. The van der Waals surface area contributed by atoms with Crippen molar-refractivity contribution in [2.75, 3.05) is 33.4 Å². The van der Waals surface area contributed by atoms with Gasteiger partial charge in [-0.15, -0.1) is 0 Å². The summed E-state index contributed by atoms with van der Waals surface area (Å²) in [5, 5.41) is 0. The summed E-state index contributed by atoms with van der Waals surface area (Å²) in [6, 6.07) is 13.2. The summed E-state index contributed by atoms with van der Waals surface area (Å²) in [5.74, 6) is -0.258. The molecule has 1 amide bonds. The first-order valence-corrected chi connectivity index (χ1v) is 13.3. The summed E-state index contributed by atoms with van der Waals surface area (Å²) < 4.78 is 32.1. The zero-order chi connectivity index (χ0) is 25.6. The van der Waals surface area contributed by atoms with Crippen LogP contribution in [0.5, 0.6) is 0 Å². The molecule has 1 fully saturated rings. The van der Waals surface area contributed by atoms with E-state index in [9.17, 15) is 4.79 Å². The summed E-state index contributed by atoms with van der Waals surface area (Å²) in [6.45, 7) is 9.51. The number of nitrogens with zero attached hydrogens (tertiary/aromatic N) is 1. The van der Waals surface area contributed by atoms with Gasteiger partial charge in [0.15, 0.2) is 0 Å². The van der Waals surface area contributed by atoms with E-state index in [-0.39, 0.29) is 18.0 Å². The van der Waals surface area contributed by atoms with Gasteiger partial charge in [0.2, 0.25) is 0 Å². The van der Waals surface area contributed by atoms with Crippen LogP contribution in [0, 0.1) is 12.7 Å². The van der Waals surface area contributed by atoms with Crippen LogP contribution in [0.15, 0.2) is 42.5 Å². The van der Waals surface area contributed by atoms with Crippen LogP contribution >= 0.6 is 22.6 Å². The van der Waals surface area contributed by atoms with Crippen LogP contribution in [0.1, 0.15) is 51.2 Å². The molecule has 35 heavy (non-hydrogen) atoms. The molecule has 7 heteroatoms.